The number of nitrogens with two attached hydrogens (primary N) is 1. The maximum Gasteiger partial charge on any atom is 0.280 e. The Morgan fingerprint density at radius 1 is 1.35 bits per heavy atom. The summed E-state index contributed by atoms with van der Waals surface area (Å²) in [5.41, 5.74) is 6.20. The van der Waals surface area contributed by atoms with Crippen LogP contribution in [0.5, 0.6) is 0 Å². The van der Waals surface area contributed by atoms with Gasteiger partial charge in [0.15, 0.2) is 0 Å². The van der Waals surface area contributed by atoms with Gasteiger partial charge in [0.2, 0.25) is 0 Å². The van der Waals surface area contributed by atoms with Gasteiger partial charge >= 0.3 is 0 Å². The molecule has 0 saturated heterocycles. The van der Waals surface area contributed by atoms with Crippen molar-refractivity contribution in [2.24, 2.45) is 5.73 Å². The highest BCUT2D eigenvalue weighted by molar-refractivity contribution is 9.10. The van der Waals surface area contributed by atoms with Crippen molar-refractivity contribution in [2.75, 3.05) is 0 Å². The summed E-state index contributed by atoms with van der Waals surface area (Å²) in [5.74, 6) is 0. The molecule has 1 aromatic carbocycles. The molecule has 1 heterocycles. The van der Waals surface area contributed by atoms with E-state index in [1.54, 1.807) is 18.2 Å². The molecule has 3 nitrogen and oxygen atoms in total. The van der Waals surface area contributed by atoms with Crippen molar-refractivity contribution in [1.82, 2.24) is 9.78 Å². The fourth-order valence-electron chi connectivity index (χ4n) is 1.60. The summed E-state index contributed by atoms with van der Waals surface area (Å²) in [7, 11) is 0. The van der Waals surface area contributed by atoms with Crippen LogP contribution in [-0.2, 0) is 6.54 Å². The van der Waals surface area contributed by atoms with Crippen LogP contribution in [0.2, 0.25) is 0 Å². The molecule has 0 aliphatic carbocycles. The Balaban J connectivity index is 2.60. The third-order valence-electron chi connectivity index (χ3n) is 2.39. The zero-order valence-electron chi connectivity index (χ0n) is 8.78. The number of hydrogen-bond donors (Lipinski definition) is 1. The molecule has 90 valence electrons. The van der Waals surface area contributed by atoms with E-state index >= 15 is 0 Å². The minimum atomic E-state index is -2.61. The molecule has 1 aromatic heterocycles. The van der Waals surface area contributed by atoms with Gasteiger partial charge in [0.25, 0.3) is 6.43 Å². The van der Waals surface area contributed by atoms with Gasteiger partial charge in [-0.15, -0.1) is 0 Å². The second-order valence-corrected chi connectivity index (χ2v) is 4.28. The van der Waals surface area contributed by atoms with Gasteiger partial charge in [0.1, 0.15) is 5.69 Å². The zero-order chi connectivity index (χ0) is 12.4. The smallest absolute Gasteiger partial charge is 0.280 e. The van der Waals surface area contributed by atoms with Crippen LogP contribution < -0.4 is 5.73 Å². The molecule has 6 heteroatoms. The Bertz CT molecular complexity index is 525. The average Bonchev–Trinajstić information content (AvgIpc) is 2.73. The van der Waals surface area contributed by atoms with Crippen LogP contribution in [0.15, 0.2) is 34.9 Å². The minimum Gasteiger partial charge on any atom is -0.326 e. The SMILES string of the molecule is NCc1cnn(-c2ccccc2Br)c1C(F)F. The lowest BCUT2D eigenvalue weighted by atomic mass is 10.2. The van der Waals surface area contributed by atoms with E-state index in [0.717, 1.165) is 0 Å². The van der Waals surface area contributed by atoms with E-state index in [1.165, 1.54) is 10.9 Å². The number of benzene rings is 1. The third kappa shape index (κ3) is 2.23. The van der Waals surface area contributed by atoms with Gasteiger partial charge in [-0.3, -0.25) is 0 Å². The molecule has 17 heavy (non-hydrogen) atoms. The molecule has 2 rings (SSSR count). The summed E-state index contributed by atoms with van der Waals surface area (Å²) in [4.78, 5) is 0. The number of para-hydroxylation sites is 1. The molecule has 0 spiro atoms. The largest absolute Gasteiger partial charge is 0.326 e. The Morgan fingerprint density at radius 2 is 2.06 bits per heavy atom. The standard InChI is InChI=1S/C11H10BrF2N3/c12-8-3-1-2-4-9(8)17-10(11(13)14)7(5-15)6-16-17/h1-4,6,11H,5,15H2. The van der Waals surface area contributed by atoms with Crippen molar-refractivity contribution in [3.8, 4) is 5.69 Å². The number of halogens is 3. The molecule has 0 aliphatic heterocycles. The zero-order valence-corrected chi connectivity index (χ0v) is 10.4. The molecule has 0 amide bonds. The summed E-state index contributed by atoms with van der Waals surface area (Å²) in [5, 5.41) is 3.97. The molecule has 0 aliphatic rings. The highest BCUT2D eigenvalue weighted by Gasteiger charge is 2.20. The van der Waals surface area contributed by atoms with Crippen molar-refractivity contribution in [3.63, 3.8) is 0 Å². The highest BCUT2D eigenvalue weighted by Crippen LogP contribution is 2.28. The summed E-state index contributed by atoms with van der Waals surface area (Å²) < 4.78 is 27.9. The second kappa shape index (κ2) is 4.93. The van der Waals surface area contributed by atoms with E-state index in [4.69, 9.17) is 5.73 Å². The summed E-state index contributed by atoms with van der Waals surface area (Å²) in [6, 6.07) is 7.06. The molecular formula is C11H10BrF2N3. The summed E-state index contributed by atoms with van der Waals surface area (Å²) in [6.45, 7) is 0.0458. The lowest BCUT2D eigenvalue weighted by Gasteiger charge is -2.09. The normalized spacial score (nSPS) is 11.1. The second-order valence-electron chi connectivity index (χ2n) is 3.42. The van der Waals surface area contributed by atoms with Crippen LogP contribution in [-0.4, -0.2) is 9.78 Å². The predicted molar refractivity (Wildman–Crippen MR) is 64.1 cm³/mol. The maximum atomic E-state index is 13.0. The Morgan fingerprint density at radius 3 is 2.65 bits per heavy atom. The van der Waals surface area contributed by atoms with Gasteiger partial charge in [-0.1, -0.05) is 12.1 Å². The van der Waals surface area contributed by atoms with E-state index in [1.807, 2.05) is 6.07 Å². The number of nitrogens with zero attached hydrogens (tertiary/aromatic N) is 2. The van der Waals surface area contributed by atoms with Crippen molar-refractivity contribution >= 4 is 15.9 Å². The Labute approximate surface area is 105 Å². The van der Waals surface area contributed by atoms with Crippen molar-refractivity contribution in [2.45, 2.75) is 13.0 Å². The van der Waals surface area contributed by atoms with E-state index in [2.05, 4.69) is 21.0 Å². The van der Waals surface area contributed by atoms with Gasteiger partial charge in [-0.2, -0.15) is 5.10 Å². The minimum absolute atomic E-state index is 0.0458. The maximum absolute atomic E-state index is 13.0. The monoisotopic (exact) mass is 301 g/mol. The molecule has 2 N–H and O–H groups in total. The summed E-state index contributed by atoms with van der Waals surface area (Å²) in [6.07, 6.45) is -1.23. The van der Waals surface area contributed by atoms with Gasteiger partial charge in [0, 0.05) is 16.6 Å². The van der Waals surface area contributed by atoms with E-state index in [9.17, 15) is 8.78 Å². The van der Waals surface area contributed by atoms with Crippen LogP contribution in [0, 0.1) is 0 Å². The van der Waals surface area contributed by atoms with Gasteiger partial charge < -0.3 is 5.73 Å². The van der Waals surface area contributed by atoms with E-state index in [-0.39, 0.29) is 12.2 Å². The molecule has 0 unspecified atom stereocenters. The quantitative estimate of drug-likeness (QED) is 0.947. The topological polar surface area (TPSA) is 43.8 Å². The van der Waals surface area contributed by atoms with Crippen molar-refractivity contribution in [3.05, 3.63) is 46.2 Å². The van der Waals surface area contributed by atoms with Crippen LogP contribution >= 0.6 is 15.9 Å². The average molecular weight is 302 g/mol. The number of alkyl halides is 2. The van der Waals surface area contributed by atoms with Crippen LogP contribution in [0.3, 0.4) is 0 Å². The molecular weight excluding hydrogens is 292 g/mol. The summed E-state index contributed by atoms with van der Waals surface area (Å²) >= 11 is 3.31. The highest BCUT2D eigenvalue weighted by atomic mass is 79.9. The molecule has 0 fully saturated rings. The Hall–Kier alpha value is -1.27. The first-order chi connectivity index (χ1) is 8.15. The van der Waals surface area contributed by atoms with Crippen molar-refractivity contribution < 1.29 is 8.78 Å². The number of rotatable bonds is 3. The van der Waals surface area contributed by atoms with Gasteiger partial charge in [0.05, 0.1) is 11.9 Å². The first kappa shape index (κ1) is 12.2. The molecule has 0 atom stereocenters. The van der Waals surface area contributed by atoms with Crippen LogP contribution in [0.1, 0.15) is 17.7 Å². The number of hydrogen-bond acceptors (Lipinski definition) is 2. The molecule has 0 radical (unpaired) electrons. The predicted octanol–water partition coefficient (Wildman–Crippen LogP) is 3.03. The Kier molecular flexibility index (Phi) is 3.54. The first-order valence-corrected chi connectivity index (χ1v) is 5.74. The van der Waals surface area contributed by atoms with Crippen molar-refractivity contribution in [1.29, 1.82) is 0 Å². The van der Waals surface area contributed by atoms with E-state index in [0.29, 0.717) is 15.7 Å². The van der Waals surface area contributed by atoms with E-state index < -0.39 is 6.43 Å². The lowest BCUT2D eigenvalue weighted by molar-refractivity contribution is 0.141. The van der Waals surface area contributed by atoms with Crippen LogP contribution in [0.4, 0.5) is 8.78 Å². The molecule has 0 bridgehead atoms. The first-order valence-electron chi connectivity index (χ1n) is 4.95. The molecule has 0 saturated carbocycles. The van der Waals surface area contributed by atoms with Gasteiger partial charge in [-0.05, 0) is 28.1 Å². The van der Waals surface area contributed by atoms with Gasteiger partial charge in [-0.25, -0.2) is 13.5 Å². The number of aromatic nitrogens is 2. The lowest BCUT2D eigenvalue weighted by Crippen LogP contribution is -2.07. The van der Waals surface area contributed by atoms with Crippen LogP contribution in [0.25, 0.3) is 5.69 Å². The fourth-order valence-corrected chi connectivity index (χ4v) is 2.05. The fraction of sp³-hybridized carbons (Fsp3) is 0.182. The molecule has 2 aromatic rings. The third-order valence-corrected chi connectivity index (χ3v) is 3.06.